The van der Waals surface area contributed by atoms with Gasteiger partial charge in [-0.05, 0) is 55.2 Å². The van der Waals surface area contributed by atoms with Crippen molar-refractivity contribution < 1.29 is 4.79 Å². The van der Waals surface area contributed by atoms with E-state index in [0.717, 1.165) is 22.0 Å². The standard InChI is InChI=1S/C20H22N4OS/c21-18(14-4-5-14)11-22-20(25)15-6-8-17(9-7-15)26-13-16-12-24-10-2-1-3-19(24)23-16/h1-3,6-10,12,14,18H,4-5,11,13,21H2,(H,22,25). The smallest absolute Gasteiger partial charge is 0.251 e. The summed E-state index contributed by atoms with van der Waals surface area (Å²) in [4.78, 5) is 17.9. The van der Waals surface area contributed by atoms with Crippen molar-refractivity contribution >= 4 is 23.3 Å². The van der Waals surface area contributed by atoms with Crippen molar-refractivity contribution in [1.29, 1.82) is 0 Å². The number of thioether (sulfide) groups is 1. The number of carbonyl (C=O) groups is 1. The average molecular weight is 366 g/mol. The molecule has 0 spiro atoms. The molecule has 1 unspecified atom stereocenters. The molecule has 3 N–H and O–H groups in total. The molecule has 5 nitrogen and oxygen atoms in total. The number of amides is 1. The minimum absolute atomic E-state index is 0.0574. The zero-order chi connectivity index (χ0) is 17.9. The predicted octanol–water partition coefficient (Wildman–Crippen LogP) is 3.09. The van der Waals surface area contributed by atoms with Crippen LogP contribution in [0.4, 0.5) is 0 Å². The normalized spacial score (nSPS) is 15.1. The van der Waals surface area contributed by atoms with Crippen LogP contribution in [0.1, 0.15) is 28.9 Å². The molecule has 6 heteroatoms. The lowest BCUT2D eigenvalue weighted by Crippen LogP contribution is -2.38. The maximum atomic E-state index is 12.2. The van der Waals surface area contributed by atoms with E-state index in [0.29, 0.717) is 18.0 Å². The molecule has 4 rings (SSSR count). The van der Waals surface area contributed by atoms with Gasteiger partial charge in [0.2, 0.25) is 0 Å². The van der Waals surface area contributed by atoms with Crippen LogP contribution < -0.4 is 11.1 Å². The van der Waals surface area contributed by atoms with Crippen molar-refractivity contribution in [2.24, 2.45) is 11.7 Å². The highest BCUT2D eigenvalue weighted by Crippen LogP contribution is 2.31. The highest BCUT2D eigenvalue weighted by Gasteiger charge is 2.28. The first-order chi connectivity index (χ1) is 12.7. The SMILES string of the molecule is NC(CNC(=O)c1ccc(SCc2cn3ccccc3n2)cc1)C1CC1. The second-order valence-corrected chi connectivity index (χ2v) is 7.77. The summed E-state index contributed by atoms with van der Waals surface area (Å²) in [5.41, 5.74) is 8.69. The molecule has 0 aliphatic heterocycles. The van der Waals surface area contributed by atoms with Crippen LogP contribution in [-0.4, -0.2) is 27.9 Å². The number of pyridine rings is 1. The van der Waals surface area contributed by atoms with E-state index in [1.165, 1.54) is 12.8 Å². The van der Waals surface area contributed by atoms with Crippen LogP contribution in [0.15, 0.2) is 59.8 Å². The summed E-state index contributed by atoms with van der Waals surface area (Å²) in [6.45, 7) is 0.549. The number of nitrogens with one attached hydrogen (secondary N) is 1. The summed E-state index contributed by atoms with van der Waals surface area (Å²) in [6.07, 6.45) is 6.43. The van der Waals surface area contributed by atoms with Gasteiger partial charge in [0.05, 0.1) is 5.69 Å². The number of nitrogens with two attached hydrogens (primary N) is 1. The zero-order valence-corrected chi connectivity index (χ0v) is 15.3. The van der Waals surface area contributed by atoms with Gasteiger partial charge in [-0.15, -0.1) is 11.8 Å². The Hall–Kier alpha value is -2.31. The van der Waals surface area contributed by atoms with Gasteiger partial charge < -0.3 is 15.5 Å². The van der Waals surface area contributed by atoms with E-state index in [2.05, 4.69) is 10.3 Å². The number of rotatable bonds is 7. The van der Waals surface area contributed by atoms with Gasteiger partial charge in [0, 0.05) is 41.2 Å². The van der Waals surface area contributed by atoms with E-state index in [9.17, 15) is 4.79 Å². The molecule has 1 aromatic carbocycles. The molecule has 3 aromatic rings. The Morgan fingerprint density at radius 3 is 2.81 bits per heavy atom. The first-order valence-corrected chi connectivity index (χ1v) is 9.87. The van der Waals surface area contributed by atoms with Gasteiger partial charge in [-0.2, -0.15) is 0 Å². The number of hydrogen-bond donors (Lipinski definition) is 2. The van der Waals surface area contributed by atoms with E-state index >= 15 is 0 Å². The molecule has 1 saturated carbocycles. The average Bonchev–Trinajstić information content (AvgIpc) is 3.44. The van der Waals surface area contributed by atoms with Crippen molar-refractivity contribution in [2.45, 2.75) is 29.5 Å². The number of hydrogen-bond acceptors (Lipinski definition) is 4. The summed E-state index contributed by atoms with van der Waals surface area (Å²) < 4.78 is 2.02. The molecule has 1 amide bonds. The molecule has 1 aliphatic rings. The van der Waals surface area contributed by atoms with Gasteiger partial charge in [0.25, 0.3) is 5.91 Å². The molecule has 0 saturated heterocycles. The summed E-state index contributed by atoms with van der Waals surface area (Å²) in [5.74, 6) is 1.33. The Morgan fingerprint density at radius 2 is 2.08 bits per heavy atom. The third-order valence-corrected chi connectivity index (χ3v) is 5.69. The van der Waals surface area contributed by atoms with Crippen LogP contribution in [0.2, 0.25) is 0 Å². The molecule has 2 heterocycles. The maximum absolute atomic E-state index is 12.2. The molecule has 1 fully saturated rings. The molecular weight excluding hydrogens is 344 g/mol. The fourth-order valence-electron chi connectivity index (χ4n) is 2.92. The van der Waals surface area contributed by atoms with Crippen molar-refractivity contribution in [2.75, 3.05) is 6.54 Å². The van der Waals surface area contributed by atoms with E-state index < -0.39 is 0 Å². The van der Waals surface area contributed by atoms with Gasteiger partial charge in [-0.25, -0.2) is 4.98 Å². The lowest BCUT2D eigenvalue weighted by molar-refractivity contribution is 0.0950. The number of benzene rings is 1. The second kappa shape index (κ2) is 7.51. The molecule has 1 aliphatic carbocycles. The number of nitrogens with zero attached hydrogens (tertiary/aromatic N) is 2. The third kappa shape index (κ3) is 4.08. The quantitative estimate of drug-likeness (QED) is 0.630. The van der Waals surface area contributed by atoms with E-state index in [-0.39, 0.29) is 11.9 Å². The molecule has 134 valence electrons. The van der Waals surface area contributed by atoms with Crippen molar-refractivity contribution in [3.8, 4) is 0 Å². The number of imidazole rings is 1. The van der Waals surface area contributed by atoms with Gasteiger partial charge in [-0.1, -0.05) is 6.07 Å². The van der Waals surface area contributed by atoms with Gasteiger partial charge in [0.1, 0.15) is 5.65 Å². The van der Waals surface area contributed by atoms with Crippen LogP contribution >= 0.6 is 11.8 Å². The Bertz CT molecular complexity index is 869. The largest absolute Gasteiger partial charge is 0.350 e. The van der Waals surface area contributed by atoms with Crippen LogP contribution in [0, 0.1) is 5.92 Å². The van der Waals surface area contributed by atoms with E-state index in [4.69, 9.17) is 5.73 Å². The van der Waals surface area contributed by atoms with Gasteiger partial charge in [-0.3, -0.25) is 4.79 Å². The van der Waals surface area contributed by atoms with Crippen molar-refractivity contribution in [1.82, 2.24) is 14.7 Å². The lowest BCUT2D eigenvalue weighted by Gasteiger charge is -2.11. The van der Waals surface area contributed by atoms with Crippen LogP contribution in [-0.2, 0) is 5.75 Å². The third-order valence-electron chi connectivity index (χ3n) is 4.64. The Morgan fingerprint density at radius 1 is 1.27 bits per heavy atom. The number of aromatic nitrogens is 2. The number of fused-ring (bicyclic) bond motifs is 1. The van der Waals surface area contributed by atoms with Crippen LogP contribution in [0.25, 0.3) is 5.65 Å². The van der Waals surface area contributed by atoms with E-state index in [1.54, 1.807) is 11.8 Å². The summed E-state index contributed by atoms with van der Waals surface area (Å²) >= 11 is 1.71. The lowest BCUT2D eigenvalue weighted by atomic mass is 10.2. The number of carbonyl (C=O) groups excluding carboxylic acids is 1. The topological polar surface area (TPSA) is 72.4 Å². The molecule has 0 radical (unpaired) electrons. The minimum atomic E-state index is -0.0574. The van der Waals surface area contributed by atoms with E-state index in [1.807, 2.05) is 59.3 Å². The molecule has 26 heavy (non-hydrogen) atoms. The van der Waals surface area contributed by atoms with Crippen molar-refractivity contribution in [3.63, 3.8) is 0 Å². The fraction of sp³-hybridized carbons (Fsp3) is 0.300. The van der Waals surface area contributed by atoms with Crippen LogP contribution in [0.5, 0.6) is 0 Å². The molecule has 1 atom stereocenters. The Kier molecular flexibility index (Phi) is 4.95. The first kappa shape index (κ1) is 17.1. The van der Waals surface area contributed by atoms with Gasteiger partial charge >= 0.3 is 0 Å². The predicted molar refractivity (Wildman–Crippen MR) is 104 cm³/mol. The highest BCUT2D eigenvalue weighted by atomic mass is 32.2. The Labute approximate surface area is 157 Å². The summed E-state index contributed by atoms with van der Waals surface area (Å²) in [5, 5.41) is 2.93. The van der Waals surface area contributed by atoms with Crippen LogP contribution in [0.3, 0.4) is 0 Å². The highest BCUT2D eigenvalue weighted by molar-refractivity contribution is 7.98. The minimum Gasteiger partial charge on any atom is -0.350 e. The molecular formula is C20H22N4OS. The summed E-state index contributed by atoms with van der Waals surface area (Å²) in [6, 6.07) is 13.8. The Balaban J connectivity index is 1.31. The van der Waals surface area contributed by atoms with Crippen molar-refractivity contribution in [3.05, 3.63) is 66.1 Å². The second-order valence-electron chi connectivity index (χ2n) is 6.72. The molecule has 2 aromatic heterocycles. The first-order valence-electron chi connectivity index (χ1n) is 8.88. The monoisotopic (exact) mass is 366 g/mol. The molecule has 0 bridgehead atoms. The van der Waals surface area contributed by atoms with Gasteiger partial charge in [0.15, 0.2) is 0 Å². The summed E-state index contributed by atoms with van der Waals surface area (Å²) in [7, 11) is 0. The maximum Gasteiger partial charge on any atom is 0.251 e. The zero-order valence-electron chi connectivity index (χ0n) is 14.5. The fourth-order valence-corrected chi connectivity index (χ4v) is 3.70.